The van der Waals surface area contributed by atoms with Gasteiger partial charge in [0.15, 0.2) is 23.9 Å². The van der Waals surface area contributed by atoms with Gasteiger partial charge in [-0.25, -0.2) is 4.98 Å². The van der Waals surface area contributed by atoms with Crippen LogP contribution in [-0.4, -0.2) is 24.5 Å². The third kappa shape index (κ3) is 5.40. The maximum absolute atomic E-state index is 12.3. The van der Waals surface area contributed by atoms with Gasteiger partial charge in [0.2, 0.25) is 0 Å². The van der Waals surface area contributed by atoms with Crippen molar-refractivity contribution in [2.75, 3.05) is 13.7 Å². The zero-order valence-electron chi connectivity index (χ0n) is 18.8. The fourth-order valence-corrected chi connectivity index (χ4v) is 4.10. The summed E-state index contributed by atoms with van der Waals surface area (Å²) in [6.45, 7) is 1.94. The van der Waals surface area contributed by atoms with Crippen molar-refractivity contribution in [3.05, 3.63) is 99.9 Å². The van der Waals surface area contributed by atoms with Crippen molar-refractivity contribution in [3.63, 3.8) is 0 Å². The van der Waals surface area contributed by atoms with Crippen LogP contribution in [0.25, 0.3) is 22.9 Å². The van der Waals surface area contributed by atoms with E-state index in [1.54, 1.807) is 30.3 Å². The molecule has 0 radical (unpaired) electrons. The summed E-state index contributed by atoms with van der Waals surface area (Å²) in [5.74, 6) is 0.816. The molecule has 0 N–H and O–H groups in total. The maximum Gasteiger partial charge on any atom is 0.200 e. The molecule has 34 heavy (non-hydrogen) atoms. The Morgan fingerprint density at radius 3 is 2.53 bits per heavy atom. The van der Waals surface area contributed by atoms with Gasteiger partial charge >= 0.3 is 0 Å². The number of carbonyl (C=O) groups is 1. The number of aromatic nitrogens is 1. The number of carbonyl (C=O) groups excluding carboxylic acids is 1. The monoisotopic (exact) mass is 466 g/mol. The van der Waals surface area contributed by atoms with Gasteiger partial charge in [0.1, 0.15) is 11.1 Å². The zero-order chi connectivity index (χ0) is 23.9. The molecule has 0 saturated carbocycles. The SMILES string of the molecule is COc1cc(/C=C(\C#N)c2nc(-c3ccc(C)cc3)cs2)ccc1OCC(=O)c1ccccc1. The molecule has 0 aliphatic heterocycles. The second-order valence-corrected chi connectivity index (χ2v) is 8.42. The number of aryl methyl sites for hydroxylation is 1. The molecule has 0 spiro atoms. The van der Waals surface area contributed by atoms with Gasteiger partial charge in [0.05, 0.1) is 18.4 Å². The molecule has 0 amide bonds. The highest BCUT2D eigenvalue weighted by Crippen LogP contribution is 2.31. The molecule has 5 nitrogen and oxygen atoms in total. The van der Waals surface area contributed by atoms with Gasteiger partial charge in [-0.2, -0.15) is 5.26 Å². The Labute approximate surface area is 202 Å². The molecule has 6 heteroatoms. The fraction of sp³-hybridized carbons (Fsp3) is 0.107. The molecule has 4 rings (SSSR count). The number of ether oxygens (including phenoxy) is 2. The molecular weight excluding hydrogens is 444 g/mol. The Morgan fingerprint density at radius 1 is 1.06 bits per heavy atom. The van der Waals surface area contributed by atoms with E-state index in [1.165, 1.54) is 24.0 Å². The topological polar surface area (TPSA) is 72.2 Å². The minimum atomic E-state index is -0.119. The van der Waals surface area contributed by atoms with E-state index in [0.717, 1.165) is 16.8 Å². The number of allylic oxidation sites excluding steroid dienone is 1. The van der Waals surface area contributed by atoms with Gasteiger partial charge in [0, 0.05) is 16.5 Å². The standard InChI is InChI=1S/C28H22N2O3S/c1-19-8-11-21(12-9-19)24-18-34-28(30-24)23(16-29)14-20-10-13-26(27(15-20)32-2)33-17-25(31)22-6-4-3-5-7-22/h3-15,18H,17H2,1-2H3/b23-14+. The Bertz CT molecular complexity index is 1370. The van der Waals surface area contributed by atoms with E-state index in [1.807, 2.05) is 60.8 Å². The Hall–Kier alpha value is -4.21. The molecule has 0 fully saturated rings. The third-order valence-electron chi connectivity index (χ3n) is 5.16. The summed E-state index contributed by atoms with van der Waals surface area (Å²) in [5, 5.41) is 12.3. The Balaban J connectivity index is 1.52. The molecular formula is C28H22N2O3S. The van der Waals surface area contributed by atoms with E-state index in [0.29, 0.717) is 27.6 Å². The minimum Gasteiger partial charge on any atom is -0.493 e. The number of benzene rings is 3. The third-order valence-corrected chi connectivity index (χ3v) is 6.03. The van der Waals surface area contributed by atoms with Gasteiger partial charge in [-0.3, -0.25) is 4.79 Å². The fourth-order valence-electron chi connectivity index (χ4n) is 3.31. The molecule has 0 aliphatic rings. The molecule has 168 valence electrons. The van der Waals surface area contributed by atoms with E-state index in [9.17, 15) is 10.1 Å². The minimum absolute atomic E-state index is 0.0973. The second-order valence-electron chi connectivity index (χ2n) is 7.56. The summed E-state index contributed by atoms with van der Waals surface area (Å²) in [7, 11) is 1.54. The van der Waals surface area contributed by atoms with Gasteiger partial charge < -0.3 is 9.47 Å². The molecule has 4 aromatic rings. The quantitative estimate of drug-likeness (QED) is 0.220. The number of hydrogen-bond donors (Lipinski definition) is 0. The van der Waals surface area contributed by atoms with Crippen LogP contribution in [0.5, 0.6) is 11.5 Å². The summed E-state index contributed by atoms with van der Waals surface area (Å²) >= 11 is 1.43. The summed E-state index contributed by atoms with van der Waals surface area (Å²) in [6.07, 6.45) is 1.76. The summed E-state index contributed by atoms with van der Waals surface area (Å²) in [6, 6.07) is 24.7. The first kappa shape index (κ1) is 23.0. The first-order chi connectivity index (χ1) is 16.6. The first-order valence-electron chi connectivity index (χ1n) is 10.6. The van der Waals surface area contributed by atoms with Crippen LogP contribution in [-0.2, 0) is 0 Å². The summed E-state index contributed by atoms with van der Waals surface area (Å²) in [5.41, 5.74) is 4.85. The van der Waals surface area contributed by atoms with Crippen LogP contribution < -0.4 is 9.47 Å². The molecule has 0 unspecified atom stereocenters. The molecule has 0 saturated heterocycles. The normalized spacial score (nSPS) is 11.0. The van der Waals surface area contributed by atoms with Crippen molar-refractivity contribution in [2.45, 2.75) is 6.92 Å². The van der Waals surface area contributed by atoms with E-state index in [-0.39, 0.29) is 12.4 Å². The lowest BCUT2D eigenvalue weighted by atomic mass is 10.1. The Morgan fingerprint density at radius 2 is 1.82 bits per heavy atom. The van der Waals surface area contributed by atoms with Crippen LogP contribution in [0.4, 0.5) is 0 Å². The van der Waals surface area contributed by atoms with Gasteiger partial charge in [-0.05, 0) is 30.7 Å². The van der Waals surface area contributed by atoms with Crippen LogP contribution >= 0.6 is 11.3 Å². The van der Waals surface area contributed by atoms with E-state index in [4.69, 9.17) is 9.47 Å². The van der Waals surface area contributed by atoms with Crippen molar-refractivity contribution in [2.24, 2.45) is 0 Å². The molecule has 0 aliphatic carbocycles. The van der Waals surface area contributed by atoms with Crippen molar-refractivity contribution in [1.82, 2.24) is 4.98 Å². The number of nitriles is 1. The lowest BCUT2D eigenvalue weighted by molar-refractivity contribution is 0.0919. The molecule has 3 aromatic carbocycles. The van der Waals surface area contributed by atoms with Gasteiger partial charge in [-0.1, -0.05) is 66.2 Å². The molecule has 0 atom stereocenters. The number of Topliss-reactive ketones (excluding diaryl/α,β-unsaturated/α-hetero) is 1. The predicted octanol–water partition coefficient (Wildman–Crippen LogP) is 6.45. The predicted molar refractivity (Wildman–Crippen MR) is 135 cm³/mol. The second kappa shape index (κ2) is 10.6. The number of thiazole rings is 1. The van der Waals surface area contributed by atoms with Crippen LogP contribution in [0.3, 0.4) is 0 Å². The highest BCUT2D eigenvalue weighted by atomic mass is 32.1. The van der Waals surface area contributed by atoms with Crippen molar-refractivity contribution < 1.29 is 14.3 Å². The number of ketones is 1. The van der Waals surface area contributed by atoms with E-state index in [2.05, 4.69) is 11.1 Å². The highest BCUT2D eigenvalue weighted by Gasteiger charge is 2.12. The van der Waals surface area contributed by atoms with Crippen molar-refractivity contribution in [1.29, 1.82) is 5.26 Å². The maximum atomic E-state index is 12.3. The van der Waals surface area contributed by atoms with E-state index < -0.39 is 0 Å². The van der Waals surface area contributed by atoms with Gasteiger partial charge in [0.25, 0.3) is 0 Å². The zero-order valence-corrected chi connectivity index (χ0v) is 19.6. The summed E-state index contributed by atoms with van der Waals surface area (Å²) < 4.78 is 11.2. The average Bonchev–Trinajstić information content (AvgIpc) is 3.37. The lowest BCUT2D eigenvalue weighted by Crippen LogP contribution is -2.11. The first-order valence-corrected chi connectivity index (χ1v) is 11.5. The largest absolute Gasteiger partial charge is 0.493 e. The van der Waals surface area contributed by atoms with Crippen LogP contribution in [0.2, 0.25) is 0 Å². The molecule has 1 aromatic heterocycles. The molecule has 1 heterocycles. The van der Waals surface area contributed by atoms with E-state index >= 15 is 0 Å². The highest BCUT2D eigenvalue weighted by molar-refractivity contribution is 7.11. The van der Waals surface area contributed by atoms with Crippen LogP contribution in [0, 0.1) is 18.3 Å². The average molecular weight is 467 g/mol. The number of hydrogen-bond acceptors (Lipinski definition) is 6. The number of methoxy groups -OCH3 is 1. The smallest absolute Gasteiger partial charge is 0.200 e. The number of rotatable bonds is 8. The Kier molecular flexibility index (Phi) is 7.16. The van der Waals surface area contributed by atoms with Gasteiger partial charge in [-0.15, -0.1) is 11.3 Å². The van der Waals surface area contributed by atoms with Crippen LogP contribution in [0.15, 0.2) is 78.2 Å². The lowest BCUT2D eigenvalue weighted by Gasteiger charge is -2.11. The van der Waals surface area contributed by atoms with Crippen molar-refractivity contribution in [3.8, 4) is 28.8 Å². The van der Waals surface area contributed by atoms with Crippen molar-refractivity contribution >= 4 is 28.8 Å². The van der Waals surface area contributed by atoms with Crippen LogP contribution in [0.1, 0.15) is 26.5 Å². The number of nitrogens with zero attached hydrogens (tertiary/aromatic N) is 2. The molecule has 0 bridgehead atoms. The summed E-state index contributed by atoms with van der Waals surface area (Å²) in [4.78, 5) is 17.0.